The van der Waals surface area contributed by atoms with E-state index in [-0.39, 0.29) is 0 Å². The molecule has 0 aliphatic carbocycles. The summed E-state index contributed by atoms with van der Waals surface area (Å²) in [6.45, 7) is 5.14. The molecule has 1 rings (SSSR count). The van der Waals surface area contributed by atoms with Crippen molar-refractivity contribution in [3.05, 3.63) is 0 Å². The van der Waals surface area contributed by atoms with E-state index in [9.17, 15) is 4.79 Å². The molecule has 0 N–H and O–H groups in total. The van der Waals surface area contributed by atoms with Gasteiger partial charge in [0, 0.05) is 19.5 Å². The van der Waals surface area contributed by atoms with Crippen molar-refractivity contribution in [3.63, 3.8) is 0 Å². The lowest BCUT2D eigenvalue weighted by Gasteiger charge is -2.26. The van der Waals surface area contributed by atoms with Crippen LogP contribution in [0.5, 0.6) is 0 Å². The number of unbranched alkanes of at least 4 members (excludes halogenated alkanes) is 4. The first kappa shape index (κ1) is 11.7. The fraction of sp³-hybridized carbons (Fsp3) is 0.909. The Labute approximate surface area is 86.4 Å². The van der Waals surface area contributed by atoms with Crippen LogP contribution in [0.15, 0.2) is 0 Å². The zero-order chi connectivity index (χ0) is 10.1. The summed E-state index contributed by atoms with van der Waals surface area (Å²) in [6.07, 6.45) is 7.20. The average molecular weight is 198 g/mol. The standard InChI is InChI=1S/C11H20NO2/c13-9-5-3-1-2-4-6-12-7-10-14-11-8-12/h1-8,10-11H2. The van der Waals surface area contributed by atoms with Crippen molar-refractivity contribution in [1.29, 1.82) is 0 Å². The molecule has 1 saturated heterocycles. The van der Waals surface area contributed by atoms with Crippen molar-refractivity contribution in [1.82, 2.24) is 4.90 Å². The van der Waals surface area contributed by atoms with E-state index in [1.165, 1.54) is 25.8 Å². The van der Waals surface area contributed by atoms with E-state index in [0.29, 0.717) is 6.42 Å². The smallest absolute Gasteiger partial charge is 0.198 e. The molecule has 1 aliphatic heterocycles. The molecule has 81 valence electrons. The second-order valence-electron chi connectivity index (χ2n) is 3.76. The molecule has 0 atom stereocenters. The Morgan fingerprint density at radius 1 is 1.07 bits per heavy atom. The third-order valence-corrected chi connectivity index (χ3v) is 2.61. The molecule has 1 aliphatic rings. The quantitative estimate of drug-likeness (QED) is 0.579. The Kier molecular flexibility index (Phi) is 6.62. The molecule has 1 heterocycles. The normalized spacial score (nSPS) is 18.3. The molecular weight excluding hydrogens is 178 g/mol. The van der Waals surface area contributed by atoms with Crippen LogP contribution in [-0.4, -0.2) is 44.0 Å². The first-order valence-corrected chi connectivity index (χ1v) is 5.58. The highest BCUT2D eigenvalue weighted by molar-refractivity contribution is 5.50. The molecule has 0 aromatic carbocycles. The van der Waals surface area contributed by atoms with Gasteiger partial charge in [0.25, 0.3) is 0 Å². The maximum absolute atomic E-state index is 9.94. The molecule has 14 heavy (non-hydrogen) atoms. The number of ether oxygens (including phenoxy) is 1. The molecular formula is C11H20NO2. The first-order valence-electron chi connectivity index (χ1n) is 5.58. The third-order valence-electron chi connectivity index (χ3n) is 2.61. The van der Waals surface area contributed by atoms with Crippen molar-refractivity contribution in [2.45, 2.75) is 32.1 Å². The minimum absolute atomic E-state index is 0.609. The van der Waals surface area contributed by atoms with E-state index in [0.717, 1.165) is 32.7 Å². The van der Waals surface area contributed by atoms with Crippen molar-refractivity contribution >= 4 is 6.29 Å². The molecule has 3 heteroatoms. The van der Waals surface area contributed by atoms with Gasteiger partial charge in [0.1, 0.15) is 0 Å². The van der Waals surface area contributed by atoms with Crippen LogP contribution in [0.25, 0.3) is 0 Å². The predicted octanol–water partition coefficient (Wildman–Crippen LogP) is 1.38. The maximum Gasteiger partial charge on any atom is 0.198 e. The van der Waals surface area contributed by atoms with E-state index >= 15 is 0 Å². The summed E-state index contributed by atoms with van der Waals surface area (Å²) in [7, 11) is 0. The number of nitrogens with zero attached hydrogens (tertiary/aromatic N) is 1. The summed E-state index contributed by atoms with van der Waals surface area (Å²) in [5.74, 6) is 0. The average Bonchev–Trinajstić information content (AvgIpc) is 2.25. The minimum Gasteiger partial charge on any atom is -0.379 e. The zero-order valence-electron chi connectivity index (χ0n) is 8.83. The summed E-state index contributed by atoms with van der Waals surface area (Å²) in [4.78, 5) is 12.4. The van der Waals surface area contributed by atoms with E-state index in [2.05, 4.69) is 4.90 Å². The first-order chi connectivity index (χ1) is 6.93. The molecule has 0 spiro atoms. The Morgan fingerprint density at radius 3 is 2.50 bits per heavy atom. The van der Waals surface area contributed by atoms with Gasteiger partial charge in [0.05, 0.1) is 13.2 Å². The molecule has 0 bridgehead atoms. The van der Waals surface area contributed by atoms with Crippen LogP contribution >= 0.6 is 0 Å². The monoisotopic (exact) mass is 198 g/mol. The molecule has 1 fully saturated rings. The summed E-state index contributed by atoms with van der Waals surface area (Å²) in [6, 6.07) is 0. The van der Waals surface area contributed by atoms with Gasteiger partial charge in [-0.15, -0.1) is 0 Å². The summed E-state index contributed by atoms with van der Waals surface area (Å²) in [5.41, 5.74) is 0. The highest BCUT2D eigenvalue weighted by Gasteiger charge is 2.08. The van der Waals surface area contributed by atoms with Crippen LogP contribution in [-0.2, 0) is 9.53 Å². The molecule has 0 saturated carbocycles. The topological polar surface area (TPSA) is 29.5 Å². The SMILES string of the molecule is O=[C]CCCCCCN1CCOCC1. The minimum atomic E-state index is 0.609. The van der Waals surface area contributed by atoms with Gasteiger partial charge in [-0.25, -0.2) is 0 Å². The fourth-order valence-corrected chi connectivity index (χ4v) is 1.71. The second kappa shape index (κ2) is 7.94. The Balaban J connectivity index is 1.85. The molecule has 3 nitrogen and oxygen atoms in total. The van der Waals surface area contributed by atoms with Crippen molar-refractivity contribution in [2.75, 3.05) is 32.8 Å². The van der Waals surface area contributed by atoms with Gasteiger partial charge in [0.15, 0.2) is 6.29 Å². The highest BCUT2D eigenvalue weighted by atomic mass is 16.5. The van der Waals surface area contributed by atoms with Gasteiger partial charge in [-0.2, -0.15) is 0 Å². The van der Waals surface area contributed by atoms with Gasteiger partial charge >= 0.3 is 0 Å². The van der Waals surface area contributed by atoms with E-state index in [1.807, 2.05) is 6.29 Å². The number of rotatable bonds is 7. The van der Waals surface area contributed by atoms with Crippen LogP contribution < -0.4 is 0 Å². The van der Waals surface area contributed by atoms with Crippen molar-refractivity contribution in [3.8, 4) is 0 Å². The van der Waals surface area contributed by atoms with Gasteiger partial charge in [-0.1, -0.05) is 12.8 Å². The third kappa shape index (κ3) is 5.35. The molecule has 0 amide bonds. The largest absolute Gasteiger partial charge is 0.379 e. The Bertz CT molecular complexity index is 144. The van der Waals surface area contributed by atoms with E-state index in [1.54, 1.807) is 0 Å². The maximum atomic E-state index is 9.94. The van der Waals surface area contributed by atoms with Crippen molar-refractivity contribution in [2.24, 2.45) is 0 Å². The highest BCUT2D eigenvalue weighted by Crippen LogP contribution is 2.04. The summed E-state index contributed by atoms with van der Waals surface area (Å²) < 4.78 is 5.27. The van der Waals surface area contributed by atoms with Crippen LogP contribution in [0.1, 0.15) is 32.1 Å². The molecule has 1 radical (unpaired) electrons. The Hall–Kier alpha value is -0.410. The van der Waals surface area contributed by atoms with Gasteiger partial charge in [0.2, 0.25) is 0 Å². The lowest BCUT2D eigenvalue weighted by molar-refractivity contribution is 0.0371. The number of morpholine rings is 1. The van der Waals surface area contributed by atoms with Gasteiger partial charge < -0.3 is 4.74 Å². The second-order valence-corrected chi connectivity index (χ2v) is 3.76. The summed E-state index contributed by atoms with van der Waals surface area (Å²) in [5, 5.41) is 0. The van der Waals surface area contributed by atoms with Crippen LogP contribution in [0.2, 0.25) is 0 Å². The molecule has 0 aromatic heterocycles. The number of carbonyl (C=O) groups excluding carboxylic acids is 1. The van der Waals surface area contributed by atoms with Crippen LogP contribution in [0, 0.1) is 0 Å². The predicted molar refractivity (Wildman–Crippen MR) is 56.0 cm³/mol. The van der Waals surface area contributed by atoms with Crippen LogP contribution in [0.4, 0.5) is 0 Å². The molecule has 0 aromatic rings. The van der Waals surface area contributed by atoms with Gasteiger partial charge in [-0.05, 0) is 19.4 Å². The Morgan fingerprint density at radius 2 is 1.79 bits per heavy atom. The lowest BCUT2D eigenvalue weighted by Crippen LogP contribution is -2.36. The lowest BCUT2D eigenvalue weighted by atomic mass is 10.1. The fourth-order valence-electron chi connectivity index (χ4n) is 1.71. The number of hydrogen-bond acceptors (Lipinski definition) is 3. The van der Waals surface area contributed by atoms with Gasteiger partial charge in [-0.3, -0.25) is 9.69 Å². The molecule has 0 unspecified atom stereocenters. The van der Waals surface area contributed by atoms with Crippen molar-refractivity contribution < 1.29 is 9.53 Å². The van der Waals surface area contributed by atoms with E-state index < -0.39 is 0 Å². The zero-order valence-corrected chi connectivity index (χ0v) is 8.83. The van der Waals surface area contributed by atoms with E-state index in [4.69, 9.17) is 4.74 Å². The van der Waals surface area contributed by atoms with Crippen LogP contribution in [0.3, 0.4) is 0 Å². The summed E-state index contributed by atoms with van der Waals surface area (Å²) >= 11 is 0. The number of hydrogen-bond donors (Lipinski definition) is 0.